The number of carbonyl (C=O) groups excluding carboxylic acids is 1. The summed E-state index contributed by atoms with van der Waals surface area (Å²) in [4.78, 5) is 27.0. The molecule has 0 spiro atoms. The van der Waals surface area contributed by atoms with Crippen molar-refractivity contribution in [3.63, 3.8) is 0 Å². The first-order valence-electron chi connectivity index (χ1n) is 15.2. The van der Waals surface area contributed by atoms with Crippen LogP contribution in [0.15, 0.2) is 60.9 Å². The Kier molecular flexibility index (Phi) is 9.78. The zero-order valence-electron chi connectivity index (χ0n) is 25.0. The maximum Gasteiger partial charge on any atom is 0.228 e. The number of fused-ring (bicyclic) bond motifs is 1. The average molecular weight is 601 g/mol. The summed E-state index contributed by atoms with van der Waals surface area (Å²) >= 11 is 0. The molecule has 1 saturated carbocycles. The van der Waals surface area contributed by atoms with Crippen LogP contribution < -0.4 is 20.7 Å². The van der Waals surface area contributed by atoms with E-state index in [4.69, 9.17) is 9.72 Å². The minimum atomic E-state index is 0. The third kappa shape index (κ3) is 7.25. The molecule has 3 N–H and O–H groups in total. The van der Waals surface area contributed by atoms with Crippen LogP contribution in [0.1, 0.15) is 63.9 Å². The first-order valence-corrected chi connectivity index (χ1v) is 15.2. The van der Waals surface area contributed by atoms with E-state index in [0.29, 0.717) is 30.0 Å². The molecule has 43 heavy (non-hydrogen) atoms. The normalized spacial score (nSPS) is 18.0. The summed E-state index contributed by atoms with van der Waals surface area (Å²) in [6, 6.07) is 16.1. The van der Waals surface area contributed by atoms with Gasteiger partial charge < -0.3 is 20.7 Å². The Morgan fingerprint density at radius 1 is 1.00 bits per heavy atom. The minimum Gasteiger partial charge on any atom is -0.437 e. The van der Waals surface area contributed by atoms with Crippen LogP contribution in [-0.4, -0.2) is 40.0 Å². The van der Waals surface area contributed by atoms with Gasteiger partial charge in [0.05, 0.1) is 11.3 Å². The molecule has 226 valence electrons. The molecule has 0 bridgehead atoms. The molecular formula is C34H41ClN6O2. The lowest BCUT2D eigenvalue weighted by atomic mass is 9.73. The second-order valence-electron chi connectivity index (χ2n) is 12.1. The van der Waals surface area contributed by atoms with Crippen LogP contribution in [0.3, 0.4) is 0 Å². The number of aromatic nitrogens is 3. The van der Waals surface area contributed by atoms with Crippen molar-refractivity contribution in [3.8, 4) is 22.9 Å². The number of hydrogen-bond acceptors (Lipinski definition) is 7. The summed E-state index contributed by atoms with van der Waals surface area (Å²) in [6.45, 7) is 6.23. The number of ether oxygens (including phenoxy) is 1. The maximum absolute atomic E-state index is 13.2. The molecule has 1 aliphatic heterocycles. The first-order chi connectivity index (χ1) is 20.5. The third-order valence-electron chi connectivity index (χ3n) is 8.66. The molecule has 9 heteroatoms. The van der Waals surface area contributed by atoms with Gasteiger partial charge in [0.15, 0.2) is 0 Å². The van der Waals surface area contributed by atoms with Gasteiger partial charge in [0.2, 0.25) is 17.7 Å². The second kappa shape index (κ2) is 13.7. The number of amides is 1. The van der Waals surface area contributed by atoms with Crippen molar-refractivity contribution in [2.24, 2.45) is 5.41 Å². The van der Waals surface area contributed by atoms with E-state index in [1.807, 2.05) is 49.4 Å². The lowest BCUT2D eigenvalue weighted by Gasteiger charge is -2.32. The number of aryl methyl sites for hydroxylation is 1. The predicted octanol–water partition coefficient (Wildman–Crippen LogP) is 7.68. The summed E-state index contributed by atoms with van der Waals surface area (Å²) < 4.78 is 6.58. The Bertz CT molecular complexity index is 1570. The lowest BCUT2D eigenvalue weighted by Crippen LogP contribution is -2.38. The number of pyridine rings is 1. The Morgan fingerprint density at radius 2 is 1.86 bits per heavy atom. The van der Waals surface area contributed by atoms with Crippen molar-refractivity contribution in [3.05, 3.63) is 66.5 Å². The number of rotatable bonds is 8. The summed E-state index contributed by atoms with van der Waals surface area (Å²) in [6.07, 6.45) is 12.2. The molecule has 4 aromatic rings. The summed E-state index contributed by atoms with van der Waals surface area (Å²) in [5.41, 5.74) is 3.38. The van der Waals surface area contributed by atoms with Crippen LogP contribution in [0.4, 0.5) is 11.6 Å². The highest BCUT2D eigenvalue weighted by Crippen LogP contribution is 2.41. The fourth-order valence-electron chi connectivity index (χ4n) is 6.35. The largest absolute Gasteiger partial charge is 0.437 e. The molecule has 1 aliphatic carbocycles. The van der Waals surface area contributed by atoms with Gasteiger partial charge in [-0.25, -0.2) is 15.0 Å². The smallest absolute Gasteiger partial charge is 0.228 e. The number of nitrogens with one attached hydrogen (secondary N) is 3. The van der Waals surface area contributed by atoms with Crippen LogP contribution in [0.5, 0.6) is 11.6 Å². The maximum atomic E-state index is 13.2. The lowest BCUT2D eigenvalue weighted by molar-refractivity contribution is -0.118. The fraction of sp³-hybridized carbons (Fsp3) is 0.412. The quantitative estimate of drug-likeness (QED) is 0.191. The van der Waals surface area contributed by atoms with Gasteiger partial charge in [0.25, 0.3) is 0 Å². The number of piperidine rings is 1. The van der Waals surface area contributed by atoms with E-state index in [1.54, 1.807) is 12.4 Å². The van der Waals surface area contributed by atoms with Gasteiger partial charge in [0, 0.05) is 47.9 Å². The van der Waals surface area contributed by atoms with Gasteiger partial charge in [-0.2, -0.15) is 0 Å². The van der Waals surface area contributed by atoms with Crippen LogP contribution in [0.2, 0.25) is 0 Å². The molecule has 1 saturated heterocycles. The molecule has 6 rings (SSSR count). The Morgan fingerprint density at radius 3 is 2.67 bits per heavy atom. The van der Waals surface area contributed by atoms with Crippen molar-refractivity contribution in [1.29, 1.82) is 0 Å². The molecule has 0 unspecified atom stereocenters. The van der Waals surface area contributed by atoms with Crippen molar-refractivity contribution < 1.29 is 9.53 Å². The van der Waals surface area contributed by atoms with Crippen LogP contribution in [0.25, 0.3) is 22.0 Å². The highest BCUT2D eigenvalue weighted by atomic mass is 35.5. The molecule has 2 aliphatic rings. The van der Waals surface area contributed by atoms with Gasteiger partial charge in [-0.15, -0.1) is 12.4 Å². The monoisotopic (exact) mass is 600 g/mol. The molecule has 2 aromatic heterocycles. The van der Waals surface area contributed by atoms with Crippen LogP contribution in [0, 0.1) is 12.3 Å². The number of anilines is 2. The van der Waals surface area contributed by atoms with Gasteiger partial charge in [-0.1, -0.05) is 50.5 Å². The van der Waals surface area contributed by atoms with E-state index in [2.05, 4.69) is 38.9 Å². The van der Waals surface area contributed by atoms with Crippen molar-refractivity contribution in [2.75, 3.05) is 23.7 Å². The van der Waals surface area contributed by atoms with E-state index in [9.17, 15) is 4.79 Å². The number of halogens is 1. The fourth-order valence-corrected chi connectivity index (χ4v) is 6.35. The minimum absolute atomic E-state index is 0. The molecule has 8 nitrogen and oxygen atoms in total. The van der Waals surface area contributed by atoms with E-state index >= 15 is 0 Å². The Labute approximate surface area is 259 Å². The van der Waals surface area contributed by atoms with Gasteiger partial charge >= 0.3 is 0 Å². The number of nitrogens with zero attached hydrogens (tertiary/aromatic N) is 3. The second-order valence-corrected chi connectivity index (χ2v) is 12.1. The van der Waals surface area contributed by atoms with Crippen LogP contribution >= 0.6 is 12.4 Å². The summed E-state index contributed by atoms with van der Waals surface area (Å²) in [5, 5.41) is 11.9. The highest BCUT2D eigenvalue weighted by molar-refractivity contribution is 6.04. The summed E-state index contributed by atoms with van der Waals surface area (Å²) in [7, 11) is 0. The zero-order chi connectivity index (χ0) is 28.9. The SMILES string of the molecule is Cc1ccc2c(NC(=O)CC3(C)CCCCC3)cccc2c1Oc1ncccc1-c1ccnc(N[C@H]2CCCNC2)n1.Cl. The molecular weight excluding hydrogens is 560 g/mol. The van der Waals surface area contributed by atoms with Crippen molar-refractivity contribution in [2.45, 2.75) is 71.3 Å². The van der Waals surface area contributed by atoms with Crippen molar-refractivity contribution >= 4 is 40.7 Å². The Balaban J connectivity index is 0.00000368. The van der Waals surface area contributed by atoms with Crippen LogP contribution in [-0.2, 0) is 4.79 Å². The van der Waals surface area contributed by atoms with Crippen molar-refractivity contribution in [1.82, 2.24) is 20.3 Å². The number of hydrogen-bond donors (Lipinski definition) is 3. The van der Waals surface area contributed by atoms with Gasteiger partial charge in [-0.3, -0.25) is 4.79 Å². The van der Waals surface area contributed by atoms with Gasteiger partial charge in [-0.05, 0) is 74.4 Å². The van der Waals surface area contributed by atoms with E-state index in [1.165, 1.54) is 19.3 Å². The van der Waals surface area contributed by atoms with E-state index < -0.39 is 0 Å². The molecule has 1 amide bonds. The molecule has 2 fully saturated rings. The molecule has 1 atom stereocenters. The predicted molar refractivity (Wildman–Crippen MR) is 175 cm³/mol. The third-order valence-corrected chi connectivity index (χ3v) is 8.66. The Hall–Kier alpha value is -3.75. The summed E-state index contributed by atoms with van der Waals surface area (Å²) in [5.74, 6) is 1.85. The van der Waals surface area contributed by atoms with E-state index in [0.717, 1.165) is 72.1 Å². The molecule has 2 aromatic carbocycles. The van der Waals surface area contributed by atoms with E-state index in [-0.39, 0.29) is 23.7 Å². The highest BCUT2D eigenvalue weighted by Gasteiger charge is 2.29. The average Bonchev–Trinajstić information content (AvgIpc) is 3.00. The number of benzene rings is 2. The molecule has 0 radical (unpaired) electrons. The first kappa shape index (κ1) is 30.7. The van der Waals surface area contributed by atoms with Gasteiger partial charge in [0.1, 0.15) is 5.75 Å². The number of carbonyl (C=O) groups is 1. The topological polar surface area (TPSA) is 101 Å². The molecule has 3 heterocycles. The zero-order valence-corrected chi connectivity index (χ0v) is 25.8. The standard InChI is InChI=1S/C34H40N6O2.ClH/c1-23-13-14-25-26(10-6-12-28(25)39-30(41)21-34(2)16-4-3-5-17-34)31(23)42-32-27(11-8-19-36-32)29-15-20-37-33(40-29)38-24-9-7-18-35-22-24;/h6,8,10-15,19-20,24,35H,3-5,7,9,16-18,21-22H2,1-2H3,(H,39,41)(H,37,38,40);1H/t24-;/m0./s1.